The van der Waals surface area contributed by atoms with Gasteiger partial charge in [0.1, 0.15) is 42.6 Å². The van der Waals surface area contributed by atoms with Crippen LogP contribution in [0.1, 0.15) is 77.8 Å². The van der Waals surface area contributed by atoms with E-state index in [1.54, 1.807) is 78.9 Å². The van der Waals surface area contributed by atoms with Gasteiger partial charge in [0.15, 0.2) is 5.78 Å². The monoisotopic (exact) mass is 1040 g/mol. The minimum absolute atomic E-state index is 0.0193. The van der Waals surface area contributed by atoms with E-state index in [0.717, 1.165) is 22.3 Å². The molecule has 8 rings (SSSR count). The Hall–Kier alpha value is -8.15. The molecule has 77 heavy (non-hydrogen) atoms. The number of hydrogen-bond donors (Lipinski definition) is 7. The van der Waals surface area contributed by atoms with E-state index in [-0.39, 0.29) is 51.7 Å². The van der Waals surface area contributed by atoms with Gasteiger partial charge in [-0.1, -0.05) is 133 Å². The maximum atomic E-state index is 15.3. The smallest absolute Gasteiger partial charge is 0.407 e. The molecule has 9 N–H and O–H groups in total. The van der Waals surface area contributed by atoms with Crippen LogP contribution in [0.5, 0.6) is 5.75 Å². The van der Waals surface area contributed by atoms with Crippen LogP contribution in [0.2, 0.25) is 0 Å². The molecule has 5 aromatic carbocycles. The van der Waals surface area contributed by atoms with E-state index in [2.05, 4.69) is 26.6 Å². The molecular formula is C60H68N8O9. The maximum absolute atomic E-state index is 15.3. The van der Waals surface area contributed by atoms with Crippen molar-refractivity contribution in [2.75, 3.05) is 26.2 Å². The summed E-state index contributed by atoms with van der Waals surface area (Å²) >= 11 is 0. The fourth-order valence-electron chi connectivity index (χ4n) is 10.2. The molecule has 0 saturated carbocycles. The molecule has 0 aromatic heterocycles. The molecule has 7 atom stereocenters. The standard InChI is InChI=1S/C60H68N8O9/c61-29-13-12-22-49-56(71)66-50(32-40-23-27-45(28-24-40)76-38-41-16-6-2-7-17-41)57(72)67-52(33-39-14-4-1-5-15-39)59(74)68-37-46(77-60(75)63-31-30-62)35-53(68)54(69)36-48(42-18-8-3-9-19-42)55(70)65-51(58(73)64-49)34-44-26-25-43-20-10-11-21-47(43)44/h1-11,14-21,23-24,26-28,46,48-53H,12-13,22,25,29-38,61-62H2,(H,63,75)(H,64,73)(H,65,70)(H,66,71)(H,67,72)/t46-,48+,49+,50+,51-,52+,53+/m1/s1. The molecule has 0 unspecified atom stereocenters. The Labute approximate surface area is 448 Å². The van der Waals surface area contributed by atoms with Crippen molar-refractivity contribution in [2.45, 2.75) is 107 Å². The van der Waals surface area contributed by atoms with Gasteiger partial charge in [-0.15, -0.1) is 0 Å². The molecule has 17 heteroatoms. The zero-order valence-electron chi connectivity index (χ0n) is 43.1. The summed E-state index contributed by atoms with van der Waals surface area (Å²) < 4.78 is 11.8. The predicted octanol–water partition coefficient (Wildman–Crippen LogP) is 4.56. The van der Waals surface area contributed by atoms with Gasteiger partial charge in [0.2, 0.25) is 29.5 Å². The lowest BCUT2D eigenvalue weighted by atomic mass is 9.89. The number of alkyl carbamates (subject to hydrolysis) is 1. The minimum atomic E-state index is -1.31. The highest BCUT2D eigenvalue weighted by molar-refractivity contribution is 6.00. The van der Waals surface area contributed by atoms with E-state index in [0.29, 0.717) is 54.9 Å². The number of allylic oxidation sites excluding steroid dienone is 1. The highest BCUT2D eigenvalue weighted by Gasteiger charge is 2.45. The average molecular weight is 1050 g/mol. The first-order valence-electron chi connectivity index (χ1n) is 26.5. The number of nitrogens with zero attached hydrogens (tertiary/aromatic N) is 1. The molecule has 17 nitrogen and oxygen atoms in total. The van der Waals surface area contributed by atoms with E-state index >= 15 is 19.2 Å². The van der Waals surface area contributed by atoms with Gasteiger partial charge >= 0.3 is 6.09 Å². The molecule has 402 valence electrons. The summed E-state index contributed by atoms with van der Waals surface area (Å²) in [5.41, 5.74) is 17.2. The second-order valence-corrected chi connectivity index (χ2v) is 19.8. The van der Waals surface area contributed by atoms with Gasteiger partial charge in [-0.2, -0.15) is 0 Å². The highest BCUT2D eigenvalue weighted by atomic mass is 16.6. The number of ketones is 1. The van der Waals surface area contributed by atoms with Crippen molar-refractivity contribution in [3.8, 4) is 5.75 Å². The molecule has 2 heterocycles. The van der Waals surface area contributed by atoms with Crippen molar-refractivity contribution < 1.29 is 43.0 Å². The minimum Gasteiger partial charge on any atom is -0.489 e. The number of ether oxygens (including phenoxy) is 2. The number of nitrogens with two attached hydrogens (primary N) is 2. The van der Waals surface area contributed by atoms with Crippen LogP contribution < -0.4 is 42.8 Å². The lowest BCUT2D eigenvalue weighted by Gasteiger charge is -2.31. The van der Waals surface area contributed by atoms with Gasteiger partial charge in [0.25, 0.3) is 0 Å². The summed E-state index contributed by atoms with van der Waals surface area (Å²) in [7, 11) is 0. The Balaban J connectivity index is 1.19. The summed E-state index contributed by atoms with van der Waals surface area (Å²) in [5, 5.41) is 14.4. The van der Waals surface area contributed by atoms with Gasteiger partial charge in [-0.25, -0.2) is 4.79 Å². The molecule has 2 aliphatic heterocycles. The Morgan fingerprint density at radius 1 is 0.610 bits per heavy atom. The van der Waals surface area contributed by atoms with E-state index < -0.39 is 90.1 Å². The molecular weight excluding hydrogens is 977 g/mol. The molecule has 6 amide bonds. The molecule has 3 aliphatic rings. The number of rotatable bonds is 17. The molecule has 2 fully saturated rings. The molecule has 0 radical (unpaired) electrons. The quantitative estimate of drug-likeness (QED) is 0.0636. The predicted molar refractivity (Wildman–Crippen MR) is 291 cm³/mol. The summed E-state index contributed by atoms with van der Waals surface area (Å²) in [6.45, 7) is 0.713. The second kappa shape index (κ2) is 27.1. The van der Waals surface area contributed by atoms with Gasteiger partial charge in [-0.3, -0.25) is 28.8 Å². The van der Waals surface area contributed by atoms with Gasteiger partial charge in [0.05, 0.1) is 18.5 Å². The second-order valence-electron chi connectivity index (χ2n) is 19.8. The summed E-state index contributed by atoms with van der Waals surface area (Å²) in [6, 6.07) is 36.0. The van der Waals surface area contributed by atoms with Crippen molar-refractivity contribution in [1.29, 1.82) is 0 Å². The topological polar surface area (TPSA) is 253 Å². The maximum Gasteiger partial charge on any atom is 0.407 e. The Kier molecular flexibility index (Phi) is 19.4. The summed E-state index contributed by atoms with van der Waals surface area (Å²) in [4.78, 5) is 105. The van der Waals surface area contributed by atoms with Crippen LogP contribution in [0.15, 0.2) is 146 Å². The fraction of sp³-hybridized carbons (Fsp3) is 0.350. The molecule has 1 aliphatic carbocycles. The SMILES string of the molecule is NCCCC[C@@H]1NC(=O)[C@@H](CC2=CCc3ccccc32)NC(=O)[C@H](c2ccccc2)CC(=O)[C@@H]2C[C@@H](OC(=O)NCCN)CN2C(=O)[C@H](Cc2ccccc2)NC(=O)[C@H](Cc2ccc(OCc3ccccc3)cc2)NC1=O. The van der Waals surface area contributed by atoms with Crippen molar-refractivity contribution in [1.82, 2.24) is 31.5 Å². The lowest BCUT2D eigenvalue weighted by molar-refractivity contribution is -0.142. The fourth-order valence-corrected chi connectivity index (χ4v) is 10.2. The van der Waals surface area contributed by atoms with Gasteiger partial charge in [-0.05, 0) is 83.3 Å². The van der Waals surface area contributed by atoms with Gasteiger partial charge < -0.3 is 52.4 Å². The van der Waals surface area contributed by atoms with Crippen LogP contribution in [0, 0.1) is 0 Å². The zero-order valence-corrected chi connectivity index (χ0v) is 43.1. The number of unbranched alkanes of at least 4 members (excludes halogenated alkanes) is 1. The Morgan fingerprint density at radius 3 is 1.90 bits per heavy atom. The van der Waals surface area contributed by atoms with Crippen molar-refractivity contribution in [2.24, 2.45) is 11.5 Å². The number of hydrogen-bond acceptors (Lipinski definition) is 11. The third-order valence-corrected chi connectivity index (χ3v) is 14.2. The first kappa shape index (κ1) is 55.1. The largest absolute Gasteiger partial charge is 0.489 e. The number of carbonyl (C=O) groups is 7. The molecule has 2 saturated heterocycles. The number of benzene rings is 5. The van der Waals surface area contributed by atoms with Crippen molar-refractivity contribution in [3.63, 3.8) is 0 Å². The average Bonchev–Trinajstić information content (AvgIpc) is 4.08. The van der Waals surface area contributed by atoms with E-state index in [1.807, 2.05) is 66.7 Å². The van der Waals surface area contributed by atoms with Crippen LogP contribution in [-0.4, -0.2) is 109 Å². The normalized spacial score (nSPS) is 22.2. The van der Waals surface area contributed by atoms with E-state index in [1.165, 1.54) is 4.90 Å². The lowest BCUT2D eigenvalue weighted by Crippen LogP contribution is -2.60. The van der Waals surface area contributed by atoms with Crippen LogP contribution in [0.3, 0.4) is 0 Å². The van der Waals surface area contributed by atoms with Crippen LogP contribution in [0.4, 0.5) is 4.79 Å². The molecule has 5 aromatic rings. The number of fused-ring (bicyclic) bond motifs is 2. The number of Topliss-reactive ketones (excluding diaryl/α,β-unsaturated/α-hetero) is 1. The number of carbonyl (C=O) groups excluding carboxylic acids is 7. The third kappa shape index (κ3) is 15.0. The summed E-state index contributed by atoms with van der Waals surface area (Å²) in [5.74, 6) is -4.36. The van der Waals surface area contributed by atoms with Crippen LogP contribution >= 0.6 is 0 Å². The Bertz CT molecular complexity index is 2870. The number of amides is 6. The van der Waals surface area contributed by atoms with Crippen molar-refractivity contribution in [3.05, 3.63) is 179 Å². The van der Waals surface area contributed by atoms with Gasteiger partial charge in [0, 0.05) is 45.2 Å². The van der Waals surface area contributed by atoms with Crippen LogP contribution in [-0.2, 0) is 59.4 Å². The third-order valence-electron chi connectivity index (χ3n) is 14.2. The number of nitrogens with one attached hydrogen (secondary N) is 5. The van der Waals surface area contributed by atoms with E-state index in [4.69, 9.17) is 20.9 Å². The van der Waals surface area contributed by atoms with E-state index in [9.17, 15) is 14.4 Å². The Morgan fingerprint density at radius 2 is 1.19 bits per heavy atom. The van der Waals surface area contributed by atoms with Crippen molar-refractivity contribution >= 4 is 47.0 Å². The van der Waals surface area contributed by atoms with Crippen LogP contribution in [0.25, 0.3) is 5.57 Å². The molecule has 0 bridgehead atoms. The summed E-state index contributed by atoms with van der Waals surface area (Å²) in [6.07, 6.45) is 1.46. The molecule has 0 spiro atoms. The first-order chi connectivity index (χ1) is 37.5. The zero-order chi connectivity index (χ0) is 54.1. The first-order valence-corrected chi connectivity index (χ1v) is 26.5. The highest BCUT2D eigenvalue weighted by Crippen LogP contribution is 2.32.